The fourth-order valence-electron chi connectivity index (χ4n) is 0.239. The molecule has 0 heterocycles. The third kappa shape index (κ3) is 5.36. The number of amides is 1. The van der Waals surface area contributed by atoms with E-state index in [0.29, 0.717) is 0 Å². The van der Waals surface area contributed by atoms with Gasteiger partial charge in [-0.3, -0.25) is 9.59 Å². The van der Waals surface area contributed by atoms with Gasteiger partial charge < -0.3 is 5.32 Å². The van der Waals surface area contributed by atoms with Gasteiger partial charge in [0, 0.05) is 14.0 Å². The van der Waals surface area contributed by atoms with E-state index in [2.05, 4.69) is 5.32 Å². The minimum Gasteiger partial charge on any atom is -0.358 e. The van der Waals surface area contributed by atoms with Crippen molar-refractivity contribution in [2.45, 2.75) is 6.92 Å². The van der Waals surface area contributed by atoms with Crippen LogP contribution >= 0.6 is 11.8 Å². The Balaban J connectivity index is 3.28. The van der Waals surface area contributed by atoms with Crippen LogP contribution in [-0.4, -0.2) is 23.8 Å². The number of hydrogen-bond acceptors (Lipinski definition) is 3. The molecular formula is C5H9NO2S. The van der Waals surface area contributed by atoms with Gasteiger partial charge in [-0.1, -0.05) is 11.8 Å². The number of rotatable bonds is 2. The van der Waals surface area contributed by atoms with Crippen LogP contribution in [0.5, 0.6) is 0 Å². The van der Waals surface area contributed by atoms with Crippen molar-refractivity contribution in [2.24, 2.45) is 0 Å². The second-order valence-electron chi connectivity index (χ2n) is 1.45. The van der Waals surface area contributed by atoms with E-state index in [0.717, 1.165) is 11.8 Å². The zero-order valence-corrected chi connectivity index (χ0v) is 6.25. The van der Waals surface area contributed by atoms with E-state index in [4.69, 9.17) is 0 Å². The fraction of sp³-hybridized carbons (Fsp3) is 0.600. The lowest BCUT2D eigenvalue weighted by molar-refractivity contribution is -0.118. The molecular weight excluding hydrogens is 138 g/mol. The Hall–Kier alpha value is -0.510. The molecule has 0 aliphatic heterocycles. The molecule has 0 saturated carbocycles. The first-order valence-electron chi connectivity index (χ1n) is 2.50. The van der Waals surface area contributed by atoms with Crippen molar-refractivity contribution in [3.63, 3.8) is 0 Å². The van der Waals surface area contributed by atoms with Crippen LogP contribution in [0.4, 0.5) is 0 Å². The van der Waals surface area contributed by atoms with Crippen LogP contribution in [0.25, 0.3) is 0 Å². The SMILES string of the molecule is CNC(=O)CSC(C)=O. The van der Waals surface area contributed by atoms with E-state index in [1.165, 1.54) is 6.92 Å². The maximum absolute atomic E-state index is 10.4. The van der Waals surface area contributed by atoms with Gasteiger partial charge in [-0.05, 0) is 0 Å². The molecule has 1 N–H and O–H groups in total. The van der Waals surface area contributed by atoms with Crippen molar-refractivity contribution in [2.75, 3.05) is 12.8 Å². The lowest BCUT2D eigenvalue weighted by Crippen LogP contribution is -2.20. The van der Waals surface area contributed by atoms with Crippen molar-refractivity contribution < 1.29 is 9.59 Å². The first-order chi connectivity index (χ1) is 4.16. The molecule has 0 unspecified atom stereocenters. The molecule has 0 aromatic heterocycles. The third-order valence-corrected chi connectivity index (χ3v) is 1.50. The van der Waals surface area contributed by atoms with Crippen molar-refractivity contribution in [1.82, 2.24) is 5.32 Å². The second-order valence-corrected chi connectivity index (χ2v) is 2.61. The zero-order chi connectivity index (χ0) is 7.28. The molecule has 0 aromatic carbocycles. The summed E-state index contributed by atoms with van der Waals surface area (Å²) in [6.45, 7) is 1.44. The molecule has 3 nitrogen and oxygen atoms in total. The highest BCUT2D eigenvalue weighted by atomic mass is 32.2. The Labute approximate surface area is 58.2 Å². The van der Waals surface area contributed by atoms with Crippen molar-refractivity contribution in [1.29, 1.82) is 0 Å². The molecule has 9 heavy (non-hydrogen) atoms. The van der Waals surface area contributed by atoms with Gasteiger partial charge >= 0.3 is 0 Å². The van der Waals surface area contributed by atoms with Crippen LogP contribution in [0.15, 0.2) is 0 Å². The molecule has 4 heteroatoms. The van der Waals surface area contributed by atoms with Gasteiger partial charge in [0.05, 0.1) is 5.75 Å². The monoisotopic (exact) mass is 147 g/mol. The standard InChI is InChI=1S/C5H9NO2S/c1-4(7)9-3-5(8)6-2/h3H2,1-2H3,(H,6,8). The lowest BCUT2D eigenvalue weighted by Gasteiger charge is -1.93. The largest absolute Gasteiger partial charge is 0.358 e. The minimum atomic E-state index is -0.116. The Morgan fingerprint density at radius 1 is 1.56 bits per heavy atom. The summed E-state index contributed by atoms with van der Waals surface area (Å²) >= 11 is 1.01. The van der Waals surface area contributed by atoms with Crippen LogP contribution < -0.4 is 5.32 Å². The van der Waals surface area contributed by atoms with Gasteiger partial charge in [0.2, 0.25) is 5.91 Å². The first-order valence-corrected chi connectivity index (χ1v) is 3.49. The van der Waals surface area contributed by atoms with Crippen LogP contribution in [0, 0.1) is 0 Å². The van der Waals surface area contributed by atoms with E-state index in [1.54, 1.807) is 7.05 Å². The molecule has 0 atom stereocenters. The number of thioether (sulfide) groups is 1. The molecule has 0 bridgehead atoms. The maximum Gasteiger partial charge on any atom is 0.230 e. The zero-order valence-electron chi connectivity index (χ0n) is 5.43. The van der Waals surface area contributed by atoms with Crippen molar-refractivity contribution >= 4 is 22.8 Å². The normalized spacial score (nSPS) is 8.67. The molecule has 0 aliphatic rings. The van der Waals surface area contributed by atoms with Crippen LogP contribution in [0.1, 0.15) is 6.92 Å². The molecule has 52 valence electrons. The van der Waals surface area contributed by atoms with Crippen molar-refractivity contribution in [3.8, 4) is 0 Å². The van der Waals surface area contributed by atoms with Gasteiger partial charge in [0.15, 0.2) is 5.12 Å². The van der Waals surface area contributed by atoms with E-state index in [-0.39, 0.29) is 16.8 Å². The van der Waals surface area contributed by atoms with Gasteiger partial charge in [0.1, 0.15) is 0 Å². The molecule has 0 saturated heterocycles. The number of carbonyl (C=O) groups is 2. The topological polar surface area (TPSA) is 46.2 Å². The Morgan fingerprint density at radius 2 is 2.11 bits per heavy atom. The predicted molar refractivity (Wildman–Crippen MR) is 37.2 cm³/mol. The molecule has 0 radical (unpaired) electrons. The van der Waals surface area contributed by atoms with Gasteiger partial charge in [0.25, 0.3) is 0 Å². The highest BCUT2D eigenvalue weighted by Crippen LogP contribution is 1.98. The van der Waals surface area contributed by atoms with E-state index >= 15 is 0 Å². The van der Waals surface area contributed by atoms with E-state index in [1.807, 2.05) is 0 Å². The average molecular weight is 147 g/mol. The minimum absolute atomic E-state index is 0.0291. The first kappa shape index (κ1) is 8.49. The molecule has 0 fully saturated rings. The van der Waals surface area contributed by atoms with Crippen LogP contribution in [0.3, 0.4) is 0 Å². The molecule has 0 aromatic rings. The molecule has 0 rings (SSSR count). The summed E-state index contributed by atoms with van der Waals surface area (Å²) in [5.41, 5.74) is 0. The summed E-state index contributed by atoms with van der Waals surface area (Å²) in [7, 11) is 1.54. The average Bonchev–Trinajstić information content (AvgIpc) is 1.83. The van der Waals surface area contributed by atoms with Gasteiger partial charge in [-0.25, -0.2) is 0 Å². The summed E-state index contributed by atoms with van der Waals surface area (Å²) in [4.78, 5) is 20.7. The highest BCUT2D eigenvalue weighted by Gasteiger charge is 1.99. The summed E-state index contributed by atoms with van der Waals surface area (Å²) in [5.74, 6) is 0.112. The van der Waals surface area contributed by atoms with Crippen LogP contribution in [-0.2, 0) is 9.59 Å². The molecule has 0 spiro atoms. The van der Waals surface area contributed by atoms with Crippen LogP contribution in [0.2, 0.25) is 0 Å². The summed E-state index contributed by atoms with van der Waals surface area (Å²) in [6.07, 6.45) is 0. The van der Waals surface area contributed by atoms with E-state index in [9.17, 15) is 9.59 Å². The van der Waals surface area contributed by atoms with Crippen molar-refractivity contribution in [3.05, 3.63) is 0 Å². The molecule has 0 aliphatic carbocycles. The lowest BCUT2D eigenvalue weighted by atomic mass is 10.7. The summed E-state index contributed by atoms with van der Waals surface area (Å²) in [6, 6.07) is 0. The summed E-state index contributed by atoms with van der Waals surface area (Å²) < 4.78 is 0. The maximum atomic E-state index is 10.4. The number of carbonyl (C=O) groups excluding carboxylic acids is 2. The smallest absolute Gasteiger partial charge is 0.230 e. The Kier molecular flexibility index (Phi) is 4.13. The fourth-order valence-corrected chi connectivity index (χ4v) is 0.718. The summed E-state index contributed by atoms with van der Waals surface area (Å²) in [5, 5.41) is 2.38. The Morgan fingerprint density at radius 3 is 2.44 bits per heavy atom. The quantitative estimate of drug-likeness (QED) is 0.598. The van der Waals surface area contributed by atoms with Gasteiger partial charge in [-0.2, -0.15) is 0 Å². The second kappa shape index (κ2) is 4.38. The number of hydrogen-bond donors (Lipinski definition) is 1. The predicted octanol–water partition coefficient (Wildman–Crippen LogP) is 0.0121. The van der Waals surface area contributed by atoms with E-state index < -0.39 is 0 Å². The Bertz CT molecular complexity index is 124. The number of nitrogens with one attached hydrogen (secondary N) is 1. The van der Waals surface area contributed by atoms with Gasteiger partial charge in [-0.15, -0.1) is 0 Å². The third-order valence-electron chi connectivity index (χ3n) is 0.685. The highest BCUT2D eigenvalue weighted by molar-refractivity contribution is 8.14. The molecule has 1 amide bonds.